The fraction of sp³-hybridized carbons (Fsp3) is 0.538. The maximum atomic E-state index is 4.66. The van der Waals surface area contributed by atoms with Crippen molar-refractivity contribution in [2.24, 2.45) is 0 Å². The molecule has 0 aliphatic heterocycles. The first-order valence-corrected chi connectivity index (χ1v) is 6.92. The lowest BCUT2D eigenvalue weighted by Crippen LogP contribution is -2.15. The second-order valence-electron chi connectivity index (χ2n) is 5.44. The first-order valence-electron chi connectivity index (χ1n) is 6.12. The molecule has 98 valence electrons. The lowest BCUT2D eigenvalue weighted by molar-refractivity contribution is 0.553. The van der Waals surface area contributed by atoms with Gasteiger partial charge in [-0.25, -0.2) is 9.50 Å². The van der Waals surface area contributed by atoms with E-state index in [4.69, 9.17) is 0 Å². The topological polar surface area (TPSA) is 42.2 Å². The van der Waals surface area contributed by atoms with Gasteiger partial charge in [0.1, 0.15) is 4.60 Å². The standard InChI is InChI=1S/C13H19BrN4/c1-13(2,3)10-5-6-11-16-9(7-8-15-4)12(14)18(11)17-10/h5-6,15H,7-8H2,1-4H3. The molecule has 4 nitrogen and oxygen atoms in total. The fourth-order valence-electron chi connectivity index (χ4n) is 1.75. The predicted molar refractivity (Wildman–Crippen MR) is 77.0 cm³/mol. The molecule has 0 fully saturated rings. The molecule has 2 aromatic rings. The molecule has 0 saturated heterocycles. The molecule has 2 rings (SSSR count). The van der Waals surface area contributed by atoms with Crippen molar-refractivity contribution < 1.29 is 0 Å². The van der Waals surface area contributed by atoms with Crippen molar-refractivity contribution in [1.29, 1.82) is 0 Å². The Morgan fingerprint density at radius 1 is 1.33 bits per heavy atom. The highest BCUT2D eigenvalue weighted by Crippen LogP contribution is 2.23. The van der Waals surface area contributed by atoms with Gasteiger partial charge in [-0.1, -0.05) is 20.8 Å². The highest BCUT2D eigenvalue weighted by atomic mass is 79.9. The third-order valence-electron chi connectivity index (χ3n) is 2.87. The predicted octanol–water partition coefficient (Wildman–Crippen LogP) is 2.55. The van der Waals surface area contributed by atoms with Gasteiger partial charge in [0.2, 0.25) is 0 Å². The smallest absolute Gasteiger partial charge is 0.155 e. The third kappa shape index (κ3) is 2.57. The van der Waals surface area contributed by atoms with E-state index in [1.54, 1.807) is 0 Å². The molecule has 1 N–H and O–H groups in total. The Morgan fingerprint density at radius 2 is 2.06 bits per heavy atom. The lowest BCUT2D eigenvalue weighted by atomic mass is 9.92. The van der Waals surface area contributed by atoms with Crippen LogP contribution in [0.3, 0.4) is 0 Å². The van der Waals surface area contributed by atoms with Crippen molar-refractivity contribution in [3.05, 3.63) is 28.1 Å². The zero-order chi connectivity index (χ0) is 13.3. The van der Waals surface area contributed by atoms with Gasteiger partial charge in [0.05, 0.1) is 11.4 Å². The van der Waals surface area contributed by atoms with E-state index < -0.39 is 0 Å². The van der Waals surface area contributed by atoms with E-state index in [1.807, 2.05) is 17.6 Å². The average molecular weight is 311 g/mol. The number of imidazole rings is 1. The zero-order valence-electron chi connectivity index (χ0n) is 11.3. The molecule has 0 atom stereocenters. The SMILES string of the molecule is CNCCc1nc2ccc(C(C)(C)C)nn2c1Br. The van der Waals surface area contributed by atoms with Crippen LogP contribution in [0, 0.1) is 0 Å². The Morgan fingerprint density at radius 3 is 2.67 bits per heavy atom. The van der Waals surface area contributed by atoms with Crippen LogP contribution in [0.25, 0.3) is 5.65 Å². The van der Waals surface area contributed by atoms with E-state index in [-0.39, 0.29) is 5.41 Å². The minimum atomic E-state index is 0.0447. The first-order chi connectivity index (χ1) is 8.43. The summed E-state index contributed by atoms with van der Waals surface area (Å²) >= 11 is 3.59. The normalized spacial score (nSPS) is 12.3. The van der Waals surface area contributed by atoms with Gasteiger partial charge in [-0.15, -0.1) is 0 Å². The van der Waals surface area contributed by atoms with Crippen molar-refractivity contribution >= 4 is 21.6 Å². The molecule has 2 aromatic heterocycles. The largest absolute Gasteiger partial charge is 0.319 e. The number of fused-ring (bicyclic) bond motifs is 1. The van der Waals surface area contributed by atoms with Crippen LogP contribution in [0.5, 0.6) is 0 Å². The average Bonchev–Trinajstić information content (AvgIpc) is 2.62. The van der Waals surface area contributed by atoms with Gasteiger partial charge < -0.3 is 5.32 Å². The molecule has 0 radical (unpaired) electrons. The van der Waals surface area contributed by atoms with Crippen LogP contribution in [-0.4, -0.2) is 28.2 Å². The second kappa shape index (κ2) is 4.97. The van der Waals surface area contributed by atoms with Crippen molar-refractivity contribution in [2.45, 2.75) is 32.6 Å². The molecule has 0 aromatic carbocycles. The van der Waals surface area contributed by atoms with E-state index in [2.05, 4.69) is 58.2 Å². The maximum absolute atomic E-state index is 4.66. The number of rotatable bonds is 3. The zero-order valence-corrected chi connectivity index (χ0v) is 12.9. The second-order valence-corrected chi connectivity index (χ2v) is 6.19. The van der Waals surface area contributed by atoms with E-state index in [0.717, 1.165) is 34.6 Å². The summed E-state index contributed by atoms with van der Waals surface area (Å²) in [7, 11) is 1.94. The number of hydrogen-bond donors (Lipinski definition) is 1. The van der Waals surface area contributed by atoms with E-state index in [0.29, 0.717) is 0 Å². The fourth-order valence-corrected chi connectivity index (χ4v) is 2.30. The summed E-state index contributed by atoms with van der Waals surface area (Å²) in [5.41, 5.74) is 3.04. The minimum Gasteiger partial charge on any atom is -0.319 e. The van der Waals surface area contributed by atoms with E-state index in [1.165, 1.54) is 0 Å². The molecule has 0 aliphatic carbocycles. The van der Waals surface area contributed by atoms with Crippen molar-refractivity contribution in [3.8, 4) is 0 Å². The third-order valence-corrected chi connectivity index (χ3v) is 3.66. The quantitative estimate of drug-likeness (QED) is 0.947. The molecule has 0 bridgehead atoms. The summed E-state index contributed by atoms with van der Waals surface area (Å²) in [5.74, 6) is 0. The highest BCUT2D eigenvalue weighted by Gasteiger charge is 2.18. The van der Waals surface area contributed by atoms with Crippen molar-refractivity contribution in [3.63, 3.8) is 0 Å². The molecule has 0 aliphatic rings. The minimum absolute atomic E-state index is 0.0447. The van der Waals surface area contributed by atoms with Crippen LogP contribution < -0.4 is 5.32 Å². The molecule has 5 heteroatoms. The van der Waals surface area contributed by atoms with E-state index >= 15 is 0 Å². The summed E-state index contributed by atoms with van der Waals surface area (Å²) in [6, 6.07) is 4.08. The van der Waals surface area contributed by atoms with Crippen LogP contribution in [0.4, 0.5) is 0 Å². The Bertz CT molecular complexity index is 554. The Kier molecular flexibility index (Phi) is 3.73. The van der Waals surface area contributed by atoms with Gasteiger partial charge in [-0.05, 0) is 35.1 Å². The molecular weight excluding hydrogens is 292 g/mol. The number of likely N-dealkylation sites (N-methyl/N-ethyl adjacent to an activating group) is 1. The van der Waals surface area contributed by atoms with Crippen LogP contribution >= 0.6 is 15.9 Å². The lowest BCUT2D eigenvalue weighted by Gasteiger charge is -2.17. The molecule has 0 unspecified atom stereocenters. The van der Waals surface area contributed by atoms with Gasteiger partial charge in [0, 0.05) is 18.4 Å². The van der Waals surface area contributed by atoms with Gasteiger partial charge in [-0.3, -0.25) is 0 Å². The summed E-state index contributed by atoms with van der Waals surface area (Å²) in [4.78, 5) is 4.59. The summed E-state index contributed by atoms with van der Waals surface area (Å²) < 4.78 is 2.84. The molecule has 18 heavy (non-hydrogen) atoms. The Hall–Kier alpha value is -0.940. The highest BCUT2D eigenvalue weighted by molar-refractivity contribution is 9.10. The Balaban J connectivity index is 2.47. The Labute approximate surface area is 116 Å². The van der Waals surface area contributed by atoms with Crippen molar-refractivity contribution in [2.75, 3.05) is 13.6 Å². The van der Waals surface area contributed by atoms with Gasteiger partial charge >= 0.3 is 0 Å². The number of aromatic nitrogens is 3. The number of nitrogens with zero attached hydrogens (tertiary/aromatic N) is 3. The van der Waals surface area contributed by atoms with Gasteiger partial charge in [0.15, 0.2) is 5.65 Å². The van der Waals surface area contributed by atoms with Crippen LogP contribution in [0.15, 0.2) is 16.7 Å². The molecule has 0 spiro atoms. The van der Waals surface area contributed by atoms with E-state index in [9.17, 15) is 0 Å². The van der Waals surface area contributed by atoms with Gasteiger partial charge in [0.25, 0.3) is 0 Å². The molecular formula is C13H19BrN4. The summed E-state index contributed by atoms with van der Waals surface area (Å²) in [6.45, 7) is 7.39. The number of hydrogen-bond acceptors (Lipinski definition) is 3. The number of nitrogens with one attached hydrogen (secondary N) is 1. The van der Waals surface area contributed by atoms with Crippen LogP contribution in [0.2, 0.25) is 0 Å². The van der Waals surface area contributed by atoms with Crippen LogP contribution in [-0.2, 0) is 11.8 Å². The van der Waals surface area contributed by atoms with Crippen LogP contribution in [0.1, 0.15) is 32.2 Å². The first kappa shape index (κ1) is 13.5. The van der Waals surface area contributed by atoms with Crippen molar-refractivity contribution in [1.82, 2.24) is 19.9 Å². The number of halogens is 1. The summed E-state index contributed by atoms with van der Waals surface area (Å²) in [6.07, 6.45) is 0.894. The summed E-state index contributed by atoms with van der Waals surface area (Å²) in [5, 5.41) is 7.79. The maximum Gasteiger partial charge on any atom is 0.155 e. The molecule has 2 heterocycles. The molecule has 0 saturated carbocycles. The van der Waals surface area contributed by atoms with Gasteiger partial charge in [-0.2, -0.15) is 5.10 Å². The monoisotopic (exact) mass is 310 g/mol. The molecule has 0 amide bonds.